The number of nitrogens with one attached hydrogen (secondary N) is 1. The van der Waals surface area contributed by atoms with Crippen LogP contribution in [-0.4, -0.2) is 42.5 Å². The van der Waals surface area contributed by atoms with Crippen LogP contribution < -0.4 is 5.32 Å². The molecule has 0 aromatic carbocycles. The fourth-order valence-electron chi connectivity index (χ4n) is 2.70. The highest BCUT2D eigenvalue weighted by Crippen LogP contribution is 2.17. The van der Waals surface area contributed by atoms with Crippen molar-refractivity contribution < 1.29 is 4.79 Å². The summed E-state index contributed by atoms with van der Waals surface area (Å²) in [6, 6.07) is 3.95. The molecule has 1 amide bonds. The summed E-state index contributed by atoms with van der Waals surface area (Å²) in [6.45, 7) is 2.84. The standard InChI is InChI=1S/C15H23N3O/c1-16-10-14-5-3-9-18(12-14)15(19)7-6-13-4-2-8-17-11-13/h2,4,8,11,14,16H,3,5-7,9-10,12H2,1H3. The van der Waals surface area contributed by atoms with Gasteiger partial charge in [-0.05, 0) is 50.4 Å². The molecule has 0 radical (unpaired) electrons. The van der Waals surface area contributed by atoms with Crippen molar-refractivity contribution in [2.24, 2.45) is 5.92 Å². The summed E-state index contributed by atoms with van der Waals surface area (Å²) in [5.74, 6) is 0.894. The fourth-order valence-corrected chi connectivity index (χ4v) is 2.70. The molecule has 1 N–H and O–H groups in total. The Labute approximate surface area is 115 Å². The number of amides is 1. The Morgan fingerprint density at radius 1 is 1.58 bits per heavy atom. The van der Waals surface area contributed by atoms with Crippen LogP contribution >= 0.6 is 0 Å². The van der Waals surface area contributed by atoms with Gasteiger partial charge in [0.2, 0.25) is 5.91 Å². The van der Waals surface area contributed by atoms with E-state index in [-0.39, 0.29) is 5.91 Å². The first-order valence-corrected chi connectivity index (χ1v) is 7.11. The van der Waals surface area contributed by atoms with E-state index in [1.54, 1.807) is 6.20 Å². The third-order valence-electron chi connectivity index (χ3n) is 3.71. The first-order valence-electron chi connectivity index (χ1n) is 7.11. The molecular formula is C15H23N3O. The lowest BCUT2D eigenvalue weighted by Crippen LogP contribution is -2.42. The lowest BCUT2D eigenvalue weighted by atomic mass is 9.97. The summed E-state index contributed by atoms with van der Waals surface area (Å²) in [7, 11) is 1.98. The number of piperidine rings is 1. The van der Waals surface area contributed by atoms with Gasteiger partial charge in [0.25, 0.3) is 0 Å². The molecule has 2 rings (SSSR count). The fraction of sp³-hybridized carbons (Fsp3) is 0.600. The maximum Gasteiger partial charge on any atom is 0.222 e. The molecule has 1 aromatic rings. The molecule has 1 aliphatic heterocycles. The third kappa shape index (κ3) is 4.31. The number of pyridine rings is 1. The molecule has 2 heterocycles. The molecule has 1 fully saturated rings. The predicted molar refractivity (Wildman–Crippen MR) is 75.8 cm³/mol. The van der Waals surface area contributed by atoms with E-state index in [0.717, 1.165) is 38.0 Å². The minimum atomic E-state index is 0.282. The van der Waals surface area contributed by atoms with Gasteiger partial charge in [0.05, 0.1) is 0 Å². The number of carbonyl (C=O) groups excluding carboxylic acids is 1. The summed E-state index contributed by atoms with van der Waals surface area (Å²) in [6.07, 6.45) is 7.35. The second-order valence-corrected chi connectivity index (χ2v) is 5.27. The first-order chi connectivity index (χ1) is 9.29. The van der Waals surface area contributed by atoms with Crippen LogP contribution in [0.5, 0.6) is 0 Å². The Bertz CT molecular complexity index is 392. The van der Waals surface area contributed by atoms with Crippen molar-refractivity contribution in [1.82, 2.24) is 15.2 Å². The minimum absolute atomic E-state index is 0.282. The molecule has 19 heavy (non-hydrogen) atoms. The van der Waals surface area contributed by atoms with Crippen LogP contribution in [0.2, 0.25) is 0 Å². The summed E-state index contributed by atoms with van der Waals surface area (Å²) in [5.41, 5.74) is 1.14. The number of aromatic nitrogens is 1. The molecule has 1 saturated heterocycles. The van der Waals surface area contributed by atoms with Crippen LogP contribution in [0.3, 0.4) is 0 Å². The van der Waals surface area contributed by atoms with Gasteiger partial charge in [-0.3, -0.25) is 9.78 Å². The van der Waals surface area contributed by atoms with Gasteiger partial charge in [-0.25, -0.2) is 0 Å². The molecule has 0 saturated carbocycles. The van der Waals surface area contributed by atoms with E-state index in [1.165, 1.54) is 6.42 Å². The van der Waals surface area contributed by atoms with Gasteiger partial charge >= 0.3 is 0 Å². The maximum absolute atomic E-state index is 12.2. The molecule has 1 aliphatic rings. The summed E-state index contributed by atoms with van der Waals surface area (Å²) in [5, 5.41) is 3.21. The largest absolute Gasteiger partial charge is 0.342 e. The van der Waals surface area contributed by atoms with Crippen molar-refractivity contribution in [3.8, 4) is 0 Å². The first kappa shape index (κ1) is 14.0. The molecule has 4 heteroatoms. The highest BCUT2D eigenvalue weighted by atomic mass is 16.2. The van der Waals surface area contributed by atoms with E-state index in [2.05, 4.69) is 10.3 Å². The molecule has 0 bridgehead atoms. The Morgan fingerprint density at radius 3 is 3.21 bits per heavy atom. The molecular weight excluding hydrogens is 238 g/mol. The lowest BCUT2D eigenvalue weighted by molar-refractivity contribution is -0.132. The van der Waals surface area contributed by atoms with Gasteiger partial charge in [-0.15, -0.1) is 0 Å². The average Bonchev–Trinajstić information content (AvgIpc) is 2.46. The van der Waals surface area contributed by atoms with Crippen molar-refractivity contribution >= 4 is 5.91 Å². The minimum Gasteiger partial charge on any atom is -0.342 e. The van der Waals surface area contributed by atoms with Crippen LogP contribution in [0.25, 0.3) is 0 Å². The number of hydrogen-bond donors (Lipinski definition) is 1. The Balaban J connectivity index is 1.79. The van der Waals surface area contributed by atoms with E-state index in [4.69, 9.17) is 0 Å². The normalized spacial score (nSPS) is 19.4. The number of likely N-dealkylation sites (tertiary alicyclic amines) is 1. The number of hydrogen-bond acceptors (Lipinski definition) is 3. The van der Waals surface area contributed by atoms with E-state index >= 15 is 0 Å². The Morgan fingerprint density at radius 2 is 2.47 bits per heavy atom. The van der Waals surface area contributed by atoms with Gasteiger partial charge in [0, 0.05) is 31.9 Å². The van der Waals surface area contributed by atoms with Gasteiger partial charge in [-0.1, -0.05) is 6.07 Å². The van der Waals surface area contributed by atoms with Crippen molar-refractivity contribution in [3.63, 3.8) is 0 Å². The monoisotopic (exact) mass is 261 g/mol. The topological polar surface area (TPSA) is 45.2 Å². The molecule has 1 unspecified atom stereocenters. The molecule has 104 valence electrons. The lowest BCUT2D eigenvalue weighted by Gasteiger charge is -2.32. The van der Waals surface area contributed by atoms with Crippen molar-refractivity contribution in [1.29, 1.82) is 0 Å². The zero-order valence-corrected chi connectivity index (χ0v) is 11.6. The number of carbonyl (C=O) groups is 1. The molecule has 0 spiro atoms. The van der Waals surface area contributed by atoms with E-state index in [0.29, 0.717) is 12.3 Å². The van der Waals surface area contributed by atoms with Crippen LogP contribution in [0.1, 0.15) is 24.8 Å². The number of rotatable bonds is 5. The van der Waals surface area contributed by atoms with Gasteiger partial charge < -0.3 is 10.2 Å². The quantitative estimate of drug-likeness (QED) is 0.873. The smallest absolute Gasteiger partial charge is 0.222 e. The maximum atomic E-state index is 12.2. The third-order valence-corrected chi connectivity index (χ3v) is 3.71. The Kier molecular flexibility index (Phi) is 5.33. The van der Waals surface area contributed by atoms with Gasteiger partial charge in [0.15, 0.2) is 0 Å². The van der Waals surface area contributed by atoms with Crippen LogP contribution in [0.4, 0.5) is 0 Å². The zero-order valence-electron chi connectivity index (χ0n) is 11.6. The summed E-state index contributed by atoms with van der Waals surface area (Å²) in [4.78, 5) is 18.3. The molecule has 1 atom stereocenters. The molecule has 1 aromatic heterocycles. The highest BCUT2D eigenvalue weighted by Gasteiger charge is 2.22. The van der Waals surface area contributed by atoms with Crippen LogP contribution in [-0.2, 0) is 11.2 Å². The summed E-state index contributed by atoms with van der Waals surface area (Å²) >= 11 is 0. The van der Waals surface area contributed by atoms with Gasteiger partial charge in [0.1, 0.15) is 0 Å². The second-order valence-electron chi connectivity index (χ2n) is 5.27. The van der Waals surface area contributed by atoms with E-state index < -0.39 is 0 Å². The van der Waals surface area contributed by atoms with Gasteiger partial charge in [-0.2, -0.15) is 0 Å². The van der Waals surface area contributed by atoms with Crippen LogP contribution in [0.15, 0.2) is 24.5 Å². The SMILES string of the molecule is CNCC1CCCN(C(=O)CCc2cccnc2)C1. The van der Waals surface area contributed by atoms with Crippen LogP contribution in [0, 0.1) is 5.92 Å². The van der Waals surface area contributed by atoms with Crippen molar-refractivity contribution in [2.45, 2.75) is 25.7 Å². The highest BCUT2D eigenvalue weighted by molar-refractivity contribution is 5.76. The summed E-state index contributed by atoms with van der Waals surface area (Å²) < 4.78 is 0. The zero-order chi connectivity index (χ0) is 13.5. The second kappa shape index (κ2) is 7.24. The molecule has 0 aliphatic carbocycles. The number of nitrogens with zero attached hydrogens (tertiary/aromatic N) is 2. The molecule has 4 nitrogen and oxygen atoms in total. The van der Waals surface area contributed by atoms with Crippen molar-refractivity contribution in [3.05, 3.63) is 30.1 Å². The van der Waals surface area contributed by atoms with E-state index in [1.807, 2.05) is 30.3 Å². The van der Waals surface area contributed by atoms with E-state index in [9.17, 15) is 4.79 Å². The van der Waals surface area contributed by atoms with Crippen molar-refractivity contribution in [2.75, 3.05) is 26.7 Å². The predicted octanol–water partition coefficient (Wildman–Crippen LogP) is 1.47. The Hall–Kier alpha value is -1.42. The number of aryl methyl sites for hydroxylation is 1. The average molecular weight is 261 g/mol.